The second-order valence-electron chi connectivity index (χ2n) is 5.96. The van der Waals surface area contributed by atoms with E-state index in [-0.39, 0.29) is 10.6 Å². The molecule has 0 spiro atoms. The number of halogens is 1. The monoisotopic (exact) mass is 382 g/mol. The van der Waals surface area contributed by atoms with Crippen molar-refractivity contribution in [1.29, 1.82) is 0 Å². The summed E-state index contributed by atoms with van der Waals surface area (Å²) >= 11 is 6.10. The third kappa shape index (κ3) is 3.42. The van der Waals surface area contributed by atoms with Crippen LogP contribution in [-0.2, 0) is 17.1 Å². The Bertz CT molecular complexity index is 900. The summed E-state index contributed by atoms with van der Waals surface area (Å²) in [7, 11) is -1.76. The van der Waals surface area contributed by atoms with Crippen molar-refractivity contribution in [2.24, 2.45) is 7.05 Å². The summed E-state index contributed by atoms with van der Waals surface area (Å²) in [5, 5.41) is 7.06. The van der Waals surface area contributed by atoms with E-state index < -0.39 is 15.9 Å². The van der Waals surface area contributed by atoms with E-state index >= 15 is 0 Å². The van der Waals surface area contributed by atoms with Crippen LogP contribution in [0.1, 0.15) is 29.0 Å². The maximum absolute atomic E-state index is 12.5. The van der Waals surface area contributed by atoms with Crippen molar-refractivity contribution in [2.75, 3.05) is 18.4 Å². The third-order valence-corrected chi connectivity index (χ3v) is 6.66. The summed E-state index contributed by atoms with van der Waals surface area (Å²) in [5.41, 5.74) is 1.30. The van der Waals surface area contributed by atoms with E-state index in [9.17, 15) is 13.2 Å². The number of aromatic nitrogens is 2. The van der Waals surface area contributed by atoms with Gasteiger partial charge in [-0.1, -0.05) is 11.6 Å². The number of hydrogen-bond donors (Lipinski definition) is 1. The van der Waals surface area contributed by atoms with Crippen LogP contribution in [0.15, 0.2) is 29.2 Å². The van der Waals surface area contributed by atoms with Gasteiger partial charge in [0.2, 0.25) is 10.0 Å². The lowest BCUT2D eigenvalue weighted by Crippen LogP contribution is -2.27. The van der Waals surface area contributed by atoms with Gasteiger partial charge in [-0.05, 0) is 44.0 Å². The van der Waals surface area contributed by atoms with Gasteiger partial charge in [0.15, 0.2) is 5.69 Å². The average molecular weight is 383 g/mol. The molecule has 1 amide bonds. The van der Waals surface area contributed by atoms with Crippen LogP contribution in [0.4, 0.5) is 5.69 Å². The van der Waals surface area contributed by atoms with E-state index in [1.807, 2.05) is 0 Å². The van der Waals surface area contributed by atoms with Crippen molar-refractivity contribution >= 4 is 33.2 Å². The smallest absolute Gasteiger partial charge is 0.277 e. The van der Waals surface area contributed by atoms with E-state index in [0.29, 0.717) is 29.5 Å². The first-order valence-electron chi connectivity index (χ1n) is 7.91. The lowest BCUT2D eigenvalue weighted by molar-refractivity contribution is 0.102. The molecule has 0 aliphatic carbocycles. The van der Waals surface area contributed by atoms with Crippen molar-refractivity contribution in [3.05, 3.63) is 40.7 Å². The largest absolute Gasteiger partial charge is 0.321 e. The number of sulfonamides is 1. The number of aryl methyl sites for hydroxylation is 1. The van der Waals surface area contributed by atoms with Gasteiger partial charge in [-0.15, -0.1) is 0 Å². The molecule has 3 rings (SSSR count). The molecule has 1 aliphatic rings. The molecule has 1 aliphatic heterocycles. The van der Waals surface area contributed by atoms with E-state index in [0.717, 1.165) is 12.8 Å². The first-order chi connectivity index (χ1) is 11.8. The van der Waals surface area contributed by atoms with Crippen molar-refractivity contribution < 1.29 is 13.2 Å². The van der Waals surface area contributed by atoms with Gasteiger partial charge in [0, 0.05) is 25.8 Å². The Hall–Kier alpha value is -1.90. The minimum atomic E-state index is -3.46. The van der Waals surface area contributed by atoms with Crippen molar-refractivity contribution in [3.8, 4) is 0 Å². The quantitative estimate of drug-likeness (QED) is 0.880. The SMILES string of the molecule is Cc1c(Cl)c(C(=O)Nc2ccc(S(=O)(=O)N3CCCC3)cc2)nn1C. The van der Waals surface area contributed by atoms with Gasteiger partial charge in [-0.3, -0.25) is 9.48 Å². The molecule has 2 heterocycles. The summed E-state index contributed by atoms with van der Waals surface area (Å²) in [5.74, 6) is -0.441. The van der Waals surface area contributed by atoms with Crippen LogP contribution in [-0.4, -0.2) is 41.5 Å². The van der Waals surface area contributed by atoms with Gasteiger partial charge in [0.1, 0.15) is 0 Å². The molecule has 25 heavy (non-hydrogen) atoms. The first kappa shape index (κ1) is 17.9. The summed E-state index contributed by atoms with van der Waals surface area (Å²) in [6, 6.07) is 6.11. The topological polar surface area (TPSA) is 84.3 Å². The van der Waals surface area contributed by atoms with Crippen LogP contribution < -0.4 is 5.32 Å². The van der Waals surface area contributed by atoms with Crippen LogP contribution >= 0.6 is 11.6 Å². The van der Waals surface area contributed by atoms with Crippen LogP contribution in [0.3, 0.4) is 0 Å². The fourth-order valence-electron chi connectivity index (χ4n) is 2.71. The van der Waals surface area contributed by atoms with Gasteiger partial charge < -0.3 is 5.32 Å². The van der Waals surface area contributed by atoms with E-state index in [1.54, 1.807) is 26.1 Å². The lowest BCUT2D eigenvalue weighted by atomic mass is 10.3. The number of carbonyl (C=O) groups is 1. The van der Waals surface area contributed by atoms with Crippen LogP contribution in [0.5, 0.6) is 0 Å². The molecule has 1 fully saturated rings. The number of amides is 1. The molecule has 7 nitrogen and oxygen atoms in total. The van der Waals surface area contributed by atoms with Crippen molar-refractivity contribution in [2.45, 2.75) is 24.7 Å². The Labute approximate surface area is 151 Å². The number of nitrogens with zero attached hydrogens (tertiary/aromatic N) is 3. The minimum Gasteiger partial charge on any atom is -0.321 e. The fourth-order valence-corrected chi connectivity index (χ4v) is 4.47. The molecule has 134 valence electrons. The molecule has 1 aromatic carbocycles. The number of carbonyl (C=O) groups excluding carboxylic acids is 1. The third-order valence-electron chi connectivity index (χ3n) is 4.29. The summed E-state index contributed by atoms with van der Waals surface area (Å²) in [6.07, 6.45) is 1.77. The number of nitrogens with one attached hydrogen (secondary N) is 1. The highest BCUT2D eigenvalue weighted by atomic mass is 35.5. The number of benzene rings is 1. The first-order valence-corrected chi connectivity index (χ1v) is 9.73. The zero-order valence-corrected chi connectivity index (χ0v) is 15.6. The summed E-state index contributed by atoms with van der Waals surface area (Å²) in [6.45, 7) is 2.88. The molecule has 1 saturated heterocycles. The zero-order chi connectivity index (χ0) is 18.2. The number of hydrogen-bond acceptors (Lipinski definition) is 4. The highest BCUT2D eigenvalue weighted by Gasteiger charge is 2.27. The maximum atomic E-state index is 12.5. The van der Waals surface area contributed by atoms with Crippen LogP contribution in [0, 0.1) is 6.92 Å². The predicted molar refractivity (Wildman–Crippen MR) is 95.3 cm³/mol. The lowest BCUT2D eigenvalue weighted by Gasteiger charge is -2.15. The van der Waals surface area contributed by atoms with Gasteiger partial charge >= 0.3 is 0 Å². The molecule has 1 aromatic heterocycles. The normalized spacial score (nSPS) is 15.5. The molecule has 0 saturated carbocycles. The molecule has 2 aromatic rings. The Balaban J connectivity index is 1.76. The van der Waals surface area contributed by atoms with Gasteiger partial charge in [-0.25, -0.2) is 8.42 Å². The highest BCUT2D eigenvalue weighted by Crippen LogP contribution is 2.23. The molecule has 0 unspecified atom stereocenters. The Morgan fingerprint density at radius 2 is 1.80 bits per heavy atom. The van der Waals surface area contributed by atoms with Crippen LogP contribution in [0.25, 0.3) is 0 Å². The molecular weight excluding hydrogens is 364 g/mol. The molecule has 9 heteroatoms. The molecule has 0 bridgehead atoms. The molecule has 1 N–H and O–H groups in total. The summed E-state index contributed by atoms with van der Waals surface area (Å²) < 4.78 is 28.0. The van der Waals surface area contributed by atoms with E-state index in [4.69, 9.17) is 11.6 Å². The molecule has 0 atom stereocenters. The van der Waals surface area contributed by atoms with Gasteiger partial charge in [0.05, 0.1) is 15.6 Å². The number of anilines is 1. The van der Waals surface area contributed by atoms with E-state index in [1.165, 1.54) is 21.1 Å². The van der Waals surface area contributed by atoms with Gasteiger partial charge in [0.25, 0.3) is 5.91 Å². The minimum absolute atomic E-state index is 0.135. The highest BCUT2D eigenvalue weighted by molar-refractivity contribution is 7.89. The summed E-state index contributed by atoms with van der Waals surface area (Å²) in [4.78, 5) is 12.5. The Morgan fingerprint density at radius 3 is 2.32 bits per heavy atom. The Morgan fingerprint density at radius 1 is 1.20 bits per heavy atom. The van der Waals surface area contributed by atoms with Crippen LogP contribution in [0.2, 0.25) is 5.02 Å². The standard InChI is InChI=1S/C16H19ClN4O3S/c1-11-14(17)15(19-20(11)2)16(22)18-12-5-7-13(8-6-12)25(23,24)21-9-3-4-10-21/h5-8H,3-4,9-10H2,1-2H3,(H,18,22). The number of rotatable bonds is 4. The maximum Gasteiger partial charge on any atom is 0.277 e. The van der Waals surface area contributed by atoms with Crippen molar-refractivity contribution in [3.63, 3.8) is 0 Å². The second kappa shape index (κ2) is 6.78. The van der Waals surface area contributed by atoms with Crippen molar-refractivity contribution in [1.82, 2.24) is 14.1 Å². The van der Waals surface area contributed by atoms with Gasteiger partial charge in [-0.2, -0.15) is 9.40 Å². The average Bonchev–Trinajstić information content (AvgIpc) is 3.21. The zero-order valence-electron chi connectivity index (χ0n) is 14.0. The van der Waals surface area contributed by atoms with E-state index in [2.05, 4.69) is 10.4 Å². The second-order valence-corrected chi connectivity index (χ2v) is 8.28. The predicted octanol–water partition coefficient (Wildman–Crippen LogP) is 2.42. The molecule has 0 radical (unpaired) electrons. The Kier molecular flexibility index (Phi) is 4.86. The molecular formula is C16H19ClN4O3S. The fraction of sp³-hybridized carbons (Fsp3) is 0.375.